The molecule has 100 valence electrons. The molecule has 0 aromatic heterocycles. The van der Waals surface area contributed by atoms with Gasteiger partial charge in [-0.25, -0.2) is 4.79 Å². The Hall–Kier alpha value is -0.650. The highest BCUT2D eigenvalue weighted by atomic mass is 16.6. The average Bonchev–Trinajstić information content (AvgIpc) is 2.23. The van der Waals surface area contributed by atoms with Gasteiger partial charge in [-0.15, -0.1) is 0 Å². The molecule has 1 aliphatic rings. The van der Waals surface area contributed by atoms with Crippen molar-refractivity contribution in [2.75, 3.05) is 40.0 Å². The lowest BCUT2D eigenvalue weighted by atomic mass is 9.82. The summed E-state index contributed by atoms with van der Waals surface area (Å²) in [6, 6.07) is 0. The molecular weight excluding hydrogens is 222 g/mol. The van der Waals surface area contributed by atoms with Gasteiger partial charge in [0.05, 0.1) is 19.3 Å². The molecule has 0 unspecified atom stereocenters. The van der Waals surface area contributed by atoms with E-state index in [4.69, 9.17) is 14.6 Å². The maximum atomic E-state index is 11.0. The molecule has 0 aliphatic heterocycles. The lowest BCUT2D eigenvalue weighted by molar-refractivity contribution is -0.148. The van der Waals surface area contributed by atoms with E-state index < -0.39 is 0 Å². The number of likely N-dealkylation sites (N-methyl/N-ethyl adjacent to an activating group) is 1. The largest absolute Gasteiger partial charge is 0.464 e. The number of aliphatic hydroxyl groups excluding tert-OH is 1. The molecule has 0 spiro atoms. The van der Waals surface area contributed by atoms with Crippen LogP contribution in [0.4, 0.5) is 0 Å². The molecular formula is C12H23NO4. The van der Waals surface area contributed by atoms with E-state index in [2.05, 4.69) is 4.90 Å². The quantitative estimate of drug-likeness (QED) is 0.491. The predicted molar refractivity (Wildman–Crippen MR) is 63.7 cm³/mol. The van der Waals surface area contributed by atoms with Gasteiger partial charge < -0.3 is 19.5 Å². The molecule has 0 bridgehead atoms. The van der Waals surface area contributed by atoms with E-state index >= 15 is 0 Å². The van der Waals surface area contributed by atoms with Gasteiger partial charge in [-0.3, -0.25) is 0 Å². The van der Waals surface area contributed by atoms with Crippen LogP contribution in [0.15, 0.2) is 0 Å². The summed E-state index contributed by atoms with van der Waals surface area (Å²) in [5.41, 5.74) is 0. The van der Waals surface area contributed by atoms with Crippen LogP contribution in [-0.4, -0.2) is 62.0 Å². The van der Waals surface area contributed by atoms with Crippen molar-refractivity contribution in [3.63, 3.8) is 0 Å². The zero-order chi connectivity index (χ0) is 12.7. The van der Waals surface area contributed by atoms with E-state index in [1.54, 1.807) is 6.92 Å². The molecule has 0 atom stereocenters. The number of ether oxygens (including phenoxy) is 2. The zero-order valence-electron chi connectivity index (χ0n) is 10.7. The minimum atomic E-state index is -0.308. The highest BCUT2D eigenvalue weighted by Crippen LogP contribution is 2.27. The van der Waals surface area contributed by atoms with E-state index in [1.165, 1.54) is 0 Å². The van der Waals surface area contributed by atoms with Crippen molar-refractivity contribution >= 4 is 5.97 Å². The van der Waals surface area contributed by atoms with Crippen molar-refractivity contribution in [2.24, 2.45) is 5.92 Å². The fourth-order valence-electron chi connectivity index (χ4n) is 1.96. The van der Waals surface area contributed by atoms with Crippen molar-refractivity contribution in [3.8, 4) is 0 Å². The molecule has 1 rings (SSSR count). The van der Waals surface area contributed by atoms with E-state index in [-0.39, 0.29) is 18.7 Å². The first-order valence-corrected chi connectivity index (χ1v) is 6.21. The Labute approximate surface area is 103 Å². The number of hydrogen-bond donors (Lipinski definition) is 1. The molecule has 1 aliphatic carbocycles. The second kappa shape index (κ2) is 7.63. The second-order valence-electron chi connectivity index (χ2n) is 4.61. The van der Waals surface area contributed by atoms with Gasteiger partial charge in [-0.1, -0.05) is 0 Å². The highest BCUT2D eigenvalue weighted by molar-refractivity contribution is 5.70. The van der Waals surface area contributed by atoms with Crippen LogP contribution in [0.3, 0.4) is 0 Å². The van der Waals surface area contributed by atoms with Crippen LogP contribution >= 0.6 is 0 Å². The summed E-state index contributed by atoms with van der Waals surface area (Å²) in [4.78, 5) is 13.1. The molecule has 1 N–H and O–H groups in total. The van der Waals surface area contributed by atoms with E-state index in [1.807, 2.05) is 7.05 Å². The molecule has 0 aromatic carbocycles. The summed E-state index contributed by atoms with van der Waals surface area (Å²) in [5.74, 6) is 0.303. The Morgan fingerprint density at radius 1 is 1.47 bits per heavy atom. The SMILES string of the molecule is CCOC(=O)COCCN(C)CC1CC(O)C1. The third-order valence-corrected chi connectivity index (χ3v) is 2.92. The second-order valence-corrected chi connectivity index (χ2v) is 4.61. The number of carbonyl (C=O) groups is 1. The van der Waals surface area contributed by atoms with Gasteiger partial charge in [-0.05, 0) is 32.7 Å². The Kier molecular flexibility index (Phi) is 6.47. The third-order valence-electron chi connectivity index (χ3n) is 2.92. The van der Waals surface area contributed by atoms with Crippen molar-refractivity contribution in [1.29, 1.82) is 0 Å². The molecule has 1 fully saturated rings. The van der Waals surface area contributed by atoms with Crippen molar-refractivity contribution in [1.82, 2.24) is 4.90 Å². The van der Waals surface area contributed by atoms with Crippen molar-refractivity contribution < 1.29 is 19.4 Å². The lowest BCUT2D eigenvalue weighted by Gasteiger charge is -2.34. The van der Waals surface area contributed by atoms with E-state index in [9.17, 15) is 4.79 Å². The number of hydrogen-bond acceptors (Lipinski definition) is 5. The van der Waals surface area contributed by atoms with Gasteiger partial charge in [0.2, 0.25) is 0 Å². The Balaban J connectivity index is 1.93. The Morgan fingerprint density at radius 2 is 2.18 bits per heavy atom. The Bertz CT molecular complexity index is 229. The predicted octanol–water partition coefficient (Wildman–Crippen LogP) is 0.269. The Morgan fingerprint density at radius 3 is 2.76 bits per heavy atom. The maximum absolute atomic E-state index is 11.0. The van der Waals surface area contributed by atoms with E-state index in [0.29, 0.717) is 19.1 Å². The summed E-state index contributed by atoms with van der Waals surface area (Å²) >= 11 is 0. The molecule has 17 heavy (non-hydrogen) atoms. The number of esters is 1. The minimum absolute atomic E-state index is 0.0316. The number of rotatable bonds is 8. The van der Waals surface area contributed by atoms with Crippen molar-refractivity contribution in [2.45, 2.75) is 25.9 Å². The summed E-state index contributed by atoms with van der Waals surface area (Å²) < 4.78 is 9.95. The number of carbonyl (C=O) groups excluding carboxylic acids is 1. The molecule has 0 saturated heterocycles. The monoisotopic (exact) mass is 245 g/mol. The maximum Gasteiger partial charge on any atom is 0.332 e. The van der Waals surface area contributed by atoms with Gasteiger partial charge in [0.25, 0.3) is 0 Å². The zero-order valence-corrected chi connectivity index (χ0v) is 10.7. The average molecular weight is 245 g/mol. The highest BCUT2D eigenvalue weighted by Gasteiger charge is 2.27. The number of aliphatic hydroxyl groups is 1. The molecule has 5 heteroatoms. The molecule has 0 aromatic rings. The fourth-order valence-corrected chi connectivity index (χ4v) is 1.96. The van der Waals surface area contributed by atoms with Crippen LogP contribution in [0.5, 0.6) is 0 Å². The van der Waals surface area contributed by atoms with Gasteiger partial charge >= 0.3 is 5.97 Å². The molecule has 0 amide bonds. The third kappa shape index (κ3) is 6.00. The fraction of sp³-hybridized carbons (Fsp3) is 0.917. The molecule has 1 saturated carbocycles. The van der Waals surface area contributed by atoms with Crippen LogP contribution < -0.4 is 0 Å². The summed E-state index contributed by atoms with van der Waals surface area (Å²) in [5, 5.41) is 9.16. The summed E-state index contributed by atoms with van der Waals surface area (Å²) in [6.07, 6.45) is 1.73. The first kappa shape index (κ1) is 14.4. The number of nitrogens with zero attached hydrogens (tertiary/aromatic N) is 1. The van der Waals surface area contributed by atoms with Crippen LogP contribution in [0.25, 0.3) is 0 Å². The smallest absolute Gasteiger partial charge is 0.332 e. The first-order valence-electron chi connectivity index (χ1n) is 6.21. The molecule has 0 radical (unpaired) electrons. The lowest BCUT2D eigenvalue weighted by Crippen LogP contribution is -2.38. The van der Waals surface area contributed by atoms with Gasteiger partial charge in [0.15, 0.2) is 0 Å². The van der Waals surface area contributed by atoms with Crippen LogP contribution in [-0.2, 0) is 14.3 Å². The summed E-state index contributed by atoms with van der Waals surface area (Å²) in [6.45, 7) is 4.52. The minimum Gasteiger partial charge on any atom is -0.464 e. The molecule has 0 heterocycles. The van der Waals surface area contributed by atoms with E-state index in [0.717, 1.165) is 25.9 Å². The van der Waals surface area contributed by atoms with Crippen LogP contribution in [0.1, 0.15) is 19.8 Å². The molecule has 5 nitrogen and oxygen atoms in total. The van der Waals surface area contributed by atoms with Gasteiger partial charge in [0.1, 0.15) is 6.61 Å². The topological polar surface area (TPSA) is 59.0 Å². The first-order chi connectivity index (χ1) is 8.11. The van der Waals surface area contributed by atoms with Gasteiger partial charge in [0, 0.05) is 13.1 Å². The van der Waals surface area contributed by atoms with Gasteiger partial charge in [-0.2, -0.15) is 0 Å². The van der Waals surface area contributed by atoms with Crippen LogP contribution in [0.2, 0.25) is 0 Å². The van der Waals surface area contributed by atoms with Crippen LogP contribution in [0, 0.1) is 5.92 Å². The van der Waals surface area contributed by atoms with Crippen molar-refractivity contribution in [3.05, 3.63) is 0 Å². The normalized spacial score (nSPS) is 23.5. The summed E-state index contributed by atoms with van der Waals surface area (Å²) in [7, 11) is 2.03. The standard InChI is InChI=1S/C12H23NO4/c1-3-17-12(15)9-16-5-4-13(2)8-10-6-11(14)7-10/h10-11,14H,3-9H2,1-2H3.